The summed E-state index contributed by atoms with van der Waals surface area (Å²) >= 11 is 0. The molecule has 1 aliphatic rings. The second-order valence-corrected chi connectivity index (χ2v) is 4.89. The standard InChI is InChI=1S/C16H16N2O2/c17-16(18-5-7-20-8-6-18)15-4-3-13-9-12(11-19)1-2-14(13)10-15/h1-4,9-11,17H,5-8H2. The Hall–Kier alpha value is -2.20. The monoisotopic (exact) mass is 268 g/mol. The van der Waals surface area contributed by atoms with Crippen LogP contribution in [-0.4, -0.2) is 43.3 Å². The van der Waals surface area contributed by atoms with Crippen LogP contribution in [0.1, 0.15) is 15.9 Å². The molecule has 0 amide bonds. The van der Waals surface area contributed by atoms with Gasteiger partial charge in [-0.2, -0.15) is 0 Å². The number of nitrogens with zero attached hydrogens (tertiary/aromatic N) is 1. The van der Waals surface area contributed by atoms with Crippen LogP contribution in [0, 0.1) is 5.41 Å². The molecule has 1 aliphatic heterocycles. The van der Waals surface area contributed by atoms with E-state index in [1.165, 1.54) is 0 Å². The number of aldehydes is 1. The molecular formula is C16H16N2O2. The second kappa shape index (κ2) is 5.43. The third-order valence-corrected chi connectivity index (χ3v) is 3.60. The average molecular weight is 268 g/mol. The fourth-order valence-electron chi connectivity index (χ4n) is 2.45. The van der Waals surface area contributed by atoms with E-state index in [-0.39, 0.29) is 0 Å². The van der Waals surface area contributed by atoms with Gasteiger partial charge in [0.2, 0.25) is 0 Å². The highest BCUT2D eigenvalue weighted by molar-refractivity contribution is 6.00. The maximum absolute atomic E-state index is 10.8. The average Bonchev–Trinajstić information content (AvgIpc) is 2.54. The number of benzene rings is 2. The molecule has 0 spiro atoms. The fourth-order valence-corrected chi connectivity index (χ4v) is 2.45. The normalized spacial score (nSPS) is 15.3. The van der Waals surface area contributed by atoms with Crippen LogP contribution < -0.4 is 0 Å². The van der Waals surface area contributed by atoms with E-state index in [9.17, 15) is 4.79 Å². The Labute approximate surface area is 117 Å². The Morgan fingerprint density at radius 3 is 2.55 bits per heavy atom. The van der Waals surface area contributed by atoms with Crippen molar-refractivity contribution < 1.29 is 9.53 Å². The molecule has 0 aromatic heterocycles. The van der Waals surface area contributed by atoms with Gasteiger partial charge in [-0.25, -0.2) is 0 Å². The van der Waals surface area contributed by atoms with Crippen LogP contribution in [0.25, 0.3) is 10.8 Å². The summed E-state index contributed by atoms with van der Waals surface area (Å²) in [6, 6.07) is 11.5. The van der Waals surface area contributed by atoms with Gasteiger partial charge < -0.3 is 9.64 Å². The topological polar surface area (TPSA) is 53.4 Å². The van der Waals surface area contributed by atoms with Crippen molar-refractivity contribution in [2.45, 2.75) is 0 Å². The van der Waals surface area contributed by atoms with Gasteiger partial charge in [0, 0.05) is 24.2 Å². The van der Waals surface area contributed by atoms with Gasteiger partial charge in [-0.1, -0.05) is 24.3 Å². The Morgan fingerprint density at radius 2 is 1.80 bits per heavy atom. The fraction of sp³-hybridized carbons (Fsp3) is 0.250. The van der Waals surface area contributed by atoms with E-state index in [1.54, 1.807) is 6.07 Å². The van der Waals surface area contributed by atoms with Gasteiger partial charge in [-0.3, -0.25) is 10.2 Å². The highest BCUT2D eigenvalue weighted by atomic mass is 16.5. The lowest BCUT2D eigenvalue weighted by Crippen LogP contribution is -2.40. The number of ether oxygens (including phenoxy) is 1. The molecule has 0 unspecified atom stereocenters. The predicted octanol–water partition coefficient (Wildman–Crippen LogP) is 2.31. The first kappa shape index (κ1) is 12.8. The largest absolute Gasteiger partial charge is 0.378 e. The molecule has 0 bridgehead atoms. The van der Waals surface area contributed by atoms with Crippen molar-refractivity contribution in [1.29, 1.82) is 5.41 Å². The Morgan fingerprint density at radius 1 is 1.10 bits per heavy atom. The number of morpholine rings is 1. The first-order valence-corrected chi connectivity index (χ1v) is 6.68. The minimum absolute atomic E-state index is 0.537. The second-order valence-electron chi connectivity index (χ2n) is 4.89. The molecule has 3 rings (SSSR count). The number of amidine groups is 1. The summed E-state index contributed by atoms with van der Waals surface area (Å²) in [6.45, 7) is 2.89. The van der Waals surface area contributed by atoms with Crippen LogP contribution in [0.4, 0.5) is 0 Å². The molecule has 0 radical (unpaired) electrons. The van der Waals surface area contributed by atoms with Crippen molar-refractivity contribution in [2.75, 3.05) is 26.3 Å². The molecule has 2 aromatic carbocycles. The molecule has 0 saturated carbocycles. The highest BCUT2D eigenvalue weighted by Crippen LogP contribution is 2.18. The Balaban J connectivity index is 1.92. The summed E-state index contributed by atoms with van der Waals surface area (Å²) in [6.07, 6.45) is 0.850. The maximum Gasteiger partial charge on any atom is 0.150 e. The van der Waals surface area contributed by atoms with Crippen molar-refractivity contribution in [3.8, 4) is 0 Å². The van der Waals surface area contributed by atoms with Gasteiger partial charge in [-0.05, 0) is 22.9 Å². The van der Waals surface area contributed by atoms with Gasteiger partial charge in [0.25, 0.3) is 0 Å². The van der Waals surface area contributed by atoms with Crippen molar-refractivity contribution in [2.24, 2.45) is 0 Å². The summed E-state index contributed by atoms with van der Waals surface area (Å²) in [5.74, 6) is 0.537. The summed E-state index contributed by atoms with van der Waals surface area (Å²) in [4.78, 5) is 12.8. The van der Waals surface area contributed by atoms with E-state index in [4.69, 9.17) is 10.1 Å². The van der Waals surface area contributed by atoms with Crippen molar-refractivity contribution >= 4 is 22.9 Å². The highest BCUT2D eigenvalue weighted by Gasteiger charge is 2.15. The minimum Gasteiger partial charge on any atom is -0.378 e. The molecule has 2 aromatic rings. The predicted molar refractivity (Wildman–Crippen MR) is 78.6 cm³/mol. The number of hydrogen-bond acceptors (Lipinski definition) is 3. The molecule has 1 N–H and O–H groups in total. The summed E-state index contributed by atoms with van der Waals surface area (Å²) in [5.41, 5.74) is 1.58. The van der Waals surface area contributed by atoms with Crippen LogP contribution in [0.3, 0.4) is 0 Å². The van der Waals surface area contributed by atoms with Crippen LogP contribution in [0.15, 0.2) is 36.4 Å². The van der Waals surface area contributed by atoms with E-state index < -0.39 is 0 Å². The molecule has 1 fully saturated rings. The number of carbonyl (C=O) groups excluding carboxylic acids is 1. The zero-order chi connectivity index (χ0) is 13.9. The minimum atomic E-state index is 0.537. The molecule has 1 heterocycles. The number of hydrogen-bond donors (Lipinski definition) is 1. The summed E-state index contributed by atoms with van der Waals surface area (Å²) in [7, 11) is 0. The molecule has 4 nitrogen and oxygen atoms in total. The van der Waals surface area contributed by atoms with Crippen LogP contribution in [0.5, 0.6) is 0 Å². The van der Waals surface area contributed by atoms with Crippen LogP contribution in [0.2, 0.25) is 0 Å². The van der Waals surface area contributed by atoms with Gasteiger partial charge in [0.1, 0.15) is 12.1 Å². The van der Waals surface area contributed by atoms with Crippen LogP contribution in [-0.2, 0) is 4.74 Å². The van der Waals surface area contributed by atoms with Crippen molar-refractivity contribution in [1.82, 2.24) is 4.90 Å². The number of nitrogens with one attached hydrogen (secondary N) is 1. The van der Waals surface area contributed by atoms with Crippen LogP contribution >= 0.6 is 0 Å². The van der Waals surface area contributed by atoms with Gasteiger partial charge in [0.15, 0.2) is 0 Å². The van der Waals surface area contributed by atoms with Crippen molar-refractivity contribution in [3.63, 3.8) is 0 Å². The third-order valence-electron chi connectivity index (χ3n) is 3.60. The van der Waals surface area contributed by atoms with E-state index in [2.05, 4.69) is 0 Å². The first-order valence-electron chi connectivity index (χ1n) is 6.68. The van der Waals surface area contributed by atoms with E-state index in [0.29, 0.717) is 24.6 Å². The Kier molecular flexibility index (Phi) is 3.48. The summed E-state index contributed by atoms with van der Waals surface area (Å²) < 4.78 is 5.31. The van der Waals surface area contributed by atoms with E-state index >= 15 is 0 Å². The quantitative estimate of drug-likeness (QED) is 0.516. The lowest BCUT2D eigenvalue weighted by Gasteiger charge is -2.29. The molecule has 4 heteroatoms. The number of fused-ring (bicyclic) bond motifs is 1. The maximum atomic E-state index is 10.8. The third kappa shape index (κ3) is 2.42. The lowest BCUT2D eigenvalue weighted by atomic mass is 10.0. The van der Waals surface area contributed by atoms with E-state index in [1.807, 2.05) is 35.2 Å². The van der Waals surface area contributed by atoms with Gasteiger partial charge in [-0.15, -0.1) is 0 Å². The number of carbonyl (C=O) groups is 1. The smallest absolute Gasteiger partial charge is 0.150 e. The van der Waals surface area contributed by atoms with Gasteiger partial charge >= 0.3 is 0 Å². The first-order chi connectivity index (χ1) is 9.78. The number of rotatable bonds is 2. The molecule has 102 valence electrons. The Bertz CT molecular complexity index is 661. The van der Waals surface area contributed by atoms with Crippen molar-refractivity contribution in [3.05, 3.63) is 47.5 Å². The zero-order valence-electron chi connectivity index (χ0n) is 11.1. The molecule has 0 aliphatic carbocycles. The molecule has 20 heavy (non-hydrogen) atoms. The van der Waals surface area contributed by atoms with E-state index in [0.717, 1.165) is 35.7 Å². The SMILES string of the molecule is N=C(c1ccc2cc(C=O)ccc2c1)N1CCOCC1. The molecule has 0 atom stereocenters. The molecular weight excluding hydrogens is 252 g/mol. The lowest BCUT2D eigenvalue weighted by molar-refractivity contribution is 0.0680. The molecule has 1 saturated heterocycles. The summed E-state index contributed by atoms with van der Waals surface area (Å²) in [5, 5.41) is 10.4. The van der Waals surface area contributed by atoms with Gasteiger partial charge in [0.05, 0.1) is 13.2 Å². The zero-order valence-corrected chi connectivity index (χ0v) is 11.1.